The standard InChI is InChI=1S/C17H33N5O/c1-4-8-21-9-6-14(12-21)11-19-17(18-3)20-15-7-10-22(13-15)16(23)5-2/h14-15H,4-13H2,1-3H3,(H2,18,19,20). The average molecular weight is 323 g/mol. The van der Waals surface area contributed by atoms with Crippen LogP contribution in [-0.4, -0.2) is 74.0 Å². The van der Waals surface area contributed by atoms with E-state index in [1.807, 2.05) is 18.9 Å². The molecule has 0 bridgehead atoms. The minimum atomic E-state index is 0.249. The zero-order chi connectivity index (χ0) is 16.7. The van der Waals surface area contributed by atoms with Gasteiger partial charge in [-0.3, -0.25) is 9.79 Å². The van der Waals surface area contributed by atoms with Gasteiger partial charge in [0.05, 0.1) is 0 Å². The lowest BCUT2D eigenvalue weighted by atomic mass is 10.1. The molecule has 0 aliphatic carbocycles. The number of rotatable bonds is 6. The fourth-order valence-corrected chi connectivity index (χ4v) is 3.56. The van der Waals surface area contributed by atoms with E-state index < -0.39 is 0 Å². The molecular weight excluding hydrogens is 290 g/mol. The Labute approximate surface area is 140 Å². The van der Waals surface area contributed by atoms with Gasteiger partial charge in [-0.15, -0.1) is 0 Å². The van der Waals surface area contributed by atoms with Gasteiger partial charge in [0.25, 0.3) is 0 Å². The Kier molecular flexibility index (Phi) is 7.15. The molecule has 0 aromatic rings. The molecular formula is C17H33N5O. The van der Waals surface area contributed by atoms with Crippen molar-refractivity contribution in [2.75, 3.05) is 46.3 Å². The van der Waals surface area contributed by atoms with Crippen LogP contribution in [-0.2, 0) is 4.79 Å². The van der Waals surface area contributed by atoms with Crippen LogP contribution in [0.15, 0.2) is 4.99 Å². The molecule has 2 aliphatic heterocycles. The first-order valence-electron chi connectivity index (χ1n) is 9.13. The summed E-state index contributed by atoms with van der Waals surface area (Å²) in [5, 5.41) is 6.93. The SMILES string of the molecule is CCCN1CCC(CNC(=NC)NC2CCN(C(=O)CC)C2)C1. The second-order valence-electron chi connectivity index (χ2n) is 6.73. The van der Waals surface area contributed by atoms with E-state index in [9.17, 15) is 4.79 Å². The van der Waals surface area contributed by atoms with Gasteiger partial charge in [-0.2, -0.15) is 0 Å². The van der Waals surface area contributed by atoms with Gasteiger partial charge in [0.2, 0.25) is 5.91 Å². The van der Waals surface area contributed by atoms with Gasteiger partial charge < -0.3 is 20.4 Å². The van der Waals surface area contributed by atoms with Gasteiger partial charge in [-0.1, -0.05) is 13.8 Å². The predicted octanol–water partition coefficient (Wildman–Crippen LogP) is 0.894. The van der Waals surface area contributed by atoms with E-state index in [1.54, 1.807) is 0 Å². The first-order chi connectivity index (χ1) is 11.2. The van der Waals surface area contributed by atoms with E-state index >= 15 is 0 Å². The Morgan fingerprint density at radius 2 is 2.04 bits per heavy atom. The summed E-state index contributed by atoms with van der Waals surface area (Å²) in [6, 6.07) is 0.317. The van der Waals surface area contributed by atoms with Crippen LogP contribution >= 0.6 is 0 Å². The number of carbonyl (C=O) groups excluding carboxylic acids is 1. The van der Waals surface area contributed by atoms with Gasteiger partial charge in [0, 0.05) is 45.7 Å². The van der Waals surface area contributed by atoms with E-state index in [0.29, 0.717) is 18.4 Å². The number of hydrogen-bond donors (Lipinski definition) is 2. The van der Waals surface area contributed by atoms with Crippen molar-refractivity contribution in [1.29, 1.82) is 0 Å². The van der Waals surface area contributed by atoms with Gasteiger partial charge >= 0.3 is 0 Å². The highest BCUT2D eigenvalue weighted by Gasteiger charge is 2.26. The van der Waals surface area contributed by atoms with Crippen LogP contribution in [0.5, 0.6) is 0 Å². The van der Waals surface area contributed by atoms with Crippen LogP contribution in [0.1, 0.15) is 39.5 Å². The monoisotopic (exact) mass is 323 g/mol. The fourth-order valence-electron chi connectivity index (χ4n) is 3.56. The predicted molar refractivity (Wildman–Crippen MR) is 94.6 cm³/mol. The zero-order valence-electron chi connectivity index (χ0n) is 15.0. The molecule has 0 spiro atoms. The summed E-state index contributed by atoms with van der Waals surface area (Å²) in [5.74, 6) is 1.83. The van der Waals surface area contributed by atoms with Crippen LogP contribution < -0.4 is 10.6 Å². The molecule has 2 aliphatic rings. The molecule has 132 valence electrons. The van der Waals surface area contributed by atoms with Crippen LogP contribution in [0, 0.1) is 5.92 Å². The lowest BCUT2D eigenvalue weighted by Crippen LogP contribution is -2.46. The second kappa shape index (κ2) is 9.11. The minimum absolute atomic E-state index is 0.249. The number of amides is 1. The summed E-state index contributed by atoms with van der Waals surface area (Å²) in [7, 11) is 1.82. The Bertz CT molecular complexity index is 412. The van der Waals surface area contributed by atoms with Gasteiger partial charge in [0.15, 0.2) is 5.96 Å². The Hall–Kier alpha value is -1.30. The Morgan fingerprint density at radius 1 is 1.22 bits per heavy atom. The number of likely N-dealkylation sites (tertiary alicyclic amines) is 2. The van der Waals surface area contributed by atoms with Crippen LogP contribution in [0.25, 0.3) is 0 Å². The Balaban J connectivity index is 1.69. The van der Waals surface area contributed by atoms with Crippen LogP contribution in [0.3, 0.4) is 0 Å². The lowest BCUT2D eigenvalue weighted by Gasteiger charge is -2.20. The molecule has 0 aromatic heterocycles. The third-order valence-corrected chi connectivity index (χ3v) is 4.88. The van der Waals surface area contributed by atoms with Crippen molar-refractivity contribution in [2.45, 2.75) is 45.6 Å². The number of nitrogens with zero attached hydrogens (tertiary/aromatic N) is 3. The summed E-state index contributed by atoms with van der Waals surface area (Å²) < 4.78 is 0. The van der Waals surface area contributed by atoms with Crippen LogP contribution in [0.2, 0.25) is 0 Å². The summed E-state index contributed by atoms with van der Waals surface area (Å²) in [4.78, 5) is 20.6. The van der Waals surface area contributed by atoms with Gasteiger partial charge in [0.1, 0.15) is 0 Å². The molecule has 6 heteroatoms. The Morgan fingerprint density at radius 3 is 2.74 bits per heavy atom. The van der Waals surface area contributed by atoms with Crippen molar-refractivity contribution in [1.82, 2.24) is 20.4 Å². The number of nitrogens with one attached hydrogen (secondary N) is 2. The first kappa shape index (κ1) is 18.0. The normalized spacial score (nSPS) is 25.9. The summed E-state index contributed by atoms with van der Waals surface area (Å²) in [5.41, 5.74) is 0. The molecule has 2 unspecified atom stereocenters. The van der Waals surface area contributed by atoms with Crippen molar-refractivity contribution in [3.63, 3.8) is 0 Å². The minimum Gasteiger partial charge on any atom is -0.356 e. The maximum atomic E-state index is 11.7. The maximum Gasteiger partial charge on any atom is 0.222 e. The molecule has 23 heavy (non-hydrogen) atoms. The third kappa shape index (κ3) is 5.37. The summed E-state index contributed by atoms with van der Waals surface area (Å²) in [6.07, 6.45) is 4.10. The molecule has 6 nitrogen and oxygen atoms in total. The smallest absolute Gasteiger partial charge is 0.222 e. The van der Waals surface area contributed by atoms with E-state index in [-0.39, 0.29) is 5.91 Å². The first-order valence-corrected chi connectivity index (χ1v) is 9.13. The third-order valence-electron chi connectivity index (χ3n) is 4.88. The van der Waals surface area contributed by atoms with Crippen molar-refractivity contribution >= 4 is 11.9 Å². The van der Waals surface area contributed by atoms with Crippen molar-refractivity contribution < 1.29 is 4.79 Å². The van der Waals surface area contributed by atoms with Gasteiger partial charge in [-0.25, -0.2) is 0 Å². The molecule has 2 fully saturated rings. The molecule has 2 saturated heterocycles. The molecule has 0 saturated carbocycles. The van der Waals surface area contributed by atoms with Crippen molar-refractivity contribution in [2.24, 2.45) is 10.9 Å². The topological polar surface area (TPSA) is 60.0 Å². The lowest BCUT2D eigenvalue weighted by molar-refractivity contribution is -0.129. The highest BCUT2D eigenvalue weighted by molar-refractivity contribution is 5.80. The molecule has 0 aromatic carbocycles. The van der Waals surface area contributed by atoms with E-state index in [2.05, 4.69) is 27.4 Å². The van der Waals surface area contributed by atoms with Crippen molar-refractivity contribution in [3.8, 4) is 0 Å². The van der Waals surface area contributed by atoms with Crippen molar-refractivity contribution in [3.05, 3.63) is 0 Å². The quantitative estimate of drug-likeness (QED) is 0.563. The highest BCUT2D eigenvalue weighted by atomic mass is 16.2. The number of guanidine groups is 1. The molecule has 2 heterocycles. The van der Waals surface area contributed by atoms with E-state index in [4.69, 9.17) is 0 Å². The molecule has 2 atom stereocenters. The number of aliphatic imine (C=N–C) groups is 1. The molecule has 2 N–H and O–H groups in total. The second-order valence-corrected chi connectivity index (χ2v) is 6.73. The van der Waals surface area contributed by atoms with Gasteiger partial charge in [-0.05, 0) is 38.3 Å². The van der Waals surface area contributed by atoms with E-state index in [0.717, 1.165) is 32.0 Å². The summed E-state index contributed by atoms with van der Waals surface area (Å²) >= 11 is 0. The van der Waals surface area contributed by atoms with E-state index in [1.165, 1.54) is 32.5 Å². The molecule has 0 radical (unpaired) electrons. The summed E-state index contributed by atoms with van der Waals surface area (Å²) in [6.45, 7) is 10.4. The number of carbonyl (C=O) groups is 1. The van der Waals surface area contributed by atoms with Crippen LogP contribution in [0.4, 0.5) is 0 Å². The maximum absolute atomic E-state index is 11.7. The fraction of sp³-hybridized carbons (Fsp3) is 0.882. The highest BCUT2D eigenvalue weighted by Crippen LogP contribution is 2.15. The largest absolute Gasteiger partial charge is 0.356 e. The average Bonchev–Trinajstić information content (AvgIpc) is 3.20. The number of hydrogen-bond acceptors (Lipinski definition) is 3. The molecule has 1 amide bonds. The molecule has 2 rings (SSSR count). The zero-order valence-corrected chi connectivity index (χ0v) is 15.0.